The predicted octanol–water partition coefficient (Wildman–Crippen LogP) is 1.45. The highest BCUT2D eigenvalue weighted by molar-refractivity contribution is 5.92. The van der Waals surface area contributed by atoms with Crippen molar-refractivity contribution in [2.75, 3.05) is 44.7 Å². The molecule has 7 heteroatoms. The molecule has 2 saturated heterocycles. The van der Waals surface area contributed by atoms with Crippen molar-refractivity contribution in [3.63, 3.8) is 0 Å². The molecule has 1 aromatic rings. The molecule has 2 heterocycles. The summed E-state index contributed by atoms with van der Waals surface area (Å²) < 4.78 is 5.26. The molecule has 0 aliphatic carbocycles. The fourth-order valence-corrected chi connectivity index (χ4v) is 3.13. The number of anilines is 1. The molecule has 0 radical (unpaired) electrons. The first kappa shape index (κ1) is 19.7. The van der Waals surface area contributed by atoms with Crippen molar-refractivity contribution in [2.45, 2.75) is 19.3 Å². The highest BCUT2D eigenvalue weighted by atomic mass is 35.5. The normalized spacial score (nSPS) is 20.5. The van der Waals surface area contributed by atoms with Gasteiger partial charge in [0.05, 0.1) is 25.6 Å². The van der Waals surface area contributed by atoms with E-state index in [1.807, 2.05) is 29.2 Å². The van der Waals surface area contributed by atoms with Gasteiger partial charge >= 0.3 is 0 Å². The average Bonchev–Trinajstić information content (AvgIpc) is 2.65. The van der Waals surface area contributed by atoms with Gasteiger partial charge < -0.3 is 20.3 Å². The van der Waals surface area contributed by atoms with E-state index in [-0.39, 0.29) is 30.1 Å². The number of benzene rings is 1. The number of hydrogen-bond donors (Lipinski definition) is 2. The third kappa shape index (κ3) is 5.70. The summed E-state index contributed by atoms with van der Waals surface area (Å²) >= 11 is 0. The lowest BCUT2D eigenvalue weighted by molar-refractivity contribution is -0.134. The number of halogens is 1. The van der Waals surface area contributed by atoms with E-state index in [1.165, 1.54) is 0 Å². The van der Waals surface area contributed by atoms with E-state index >= 15 is 0 Å². The first-order valence-electron chi connectivity index (χ1n) is 8.68. The number of morpholine rings is 1. The first-order chi connectivity index (χ1) is 11.7. The molecule has 138 valence electrons. The molecule has 2 N–H and O–H groups in total. The van der Waals surface area contributed by atoms with Crippen molar-refractivity contribution in [2.24, 2.45) is 5.92 Å². The Morgan fingerprint density at radius 1 is 1.20 bits per heavy atom. The third-order valence-corrected chi connectivity index (χ3v) is 4.61. The number of piperidine rings is 1. The summed E-state index contributed by atoms with van der Waals surface area (Å²) in [4.78, 5) is 26.3. The van der Waals surface area contributed by atoms with Gasteiger partial charge in [-0.1, -0.05) is 12.1 Å². The van der Waals surface area contributed by atoms with Crippen LogP contribution < -0.4 is 10.6 Å². The molecule has 2 fully saturated rings. The largest absolute Gasteiger partial charge is 0.378 e. The van der Waals surface area contributed by atoms with E-state index in [1.54, 1.807) is 0 Å². The van der Waals surface area contributed by atoms with Gasteiger partial charge in [-0.25, -0.2) is 0 Å². The minimum absolute atomic E-state index is 0. The second kappa shape index (κ2) is 9.75. The van der Waals surface area contributed by atoms with Crippen LogP contribution in [0.3, 0.4) is 0 Å². The highest BCUT2D eigenvalue weighted by Gasteiger charge is 2.21. The van der Waals surface area contributed by atoms with Crippen LogP contribution in [0.2, 0.25) is 0 Å². The second-order valence-electron chi connectivity index (χ2n) is 6.40. The quantitative estimate of drug-likeness (QED) is 0.845. The summed E-state index contributed by atoms with van der Waals surface area (Å²) in [5.74, 6) is 0.240. The van der Waals surface area contributed by atoms with E-state index in [2.05, 4.69) is 10.6 Å². The van der Waals surface area contributed by atoms with Crippen molar-refractivity contribution in [1.29, 1.82) is 0 Å². The zero-order valence-corrected chi connectivity index (χ0v) is 15.1. The van der Waals surface area contributed by atoms with Crippen LogP contribution in [0.15, 0.2) is 24.3 Å². The van der Waals surface area contributed by atoms with Gasteiger partial charge in [0.2, 0.25) is 11.8 Å². The Bertz CT molecular complexity index is 516. The van der Waals surface area contributed by atoms with Crippen LogP contribution >= 0.6 is 12.4 Å². The van der Waals surface area contributed by atoms with Crippen LogP contribution in [0.5, 0.6) is 0 Å². The summed E-state index contributed by atoms with van der Waals surface area (Å²) in [5, 5.41) is 6.22. The molecule has 25 heavy (non-hydrogen) atoms. The number of nitrogens with zero attached hydrogens (tertiary/aromatic N) is 1. The number of carbonyl (C=O) groups is 2. The monoisotopic (exact) mass is 367 g/mol. The second-order valence-corrected chi connectivity index (χ2v) is 6.40. The van der Waals surface area contributed by atoms with Crippen LogP contribution in [0, 0.1) is 5.92 Å². The fourth-order valence-electron chi connectivity index (χ4n) is 3.13. The number of rotatable bonds is 4. The molecule has 2 amide bonds. The average molecular weight is 368 g/mol. The molecule has 0 saturated carbocycles. The summed E-state index contributed by atoms with van der Waals surface area (Å²) in [6.07, 6.45) is 2.37. The lowest BCUT2D eigenvalue weighted by Crippen LogP contribution is -2.41. The highest BCUT2D eigenvalue weighted by Crippen LogP contribution is 2.16. The SMILES string of the molecule is Cl.O=C(Nc1ccc(CC(=O)N2CCOCC2)cc1)C1CCCNC1. The molecule has 6 nitrogen and oxygen atoms in total. The lowest BCUT2D eigenvalue weighted by Gasteiger charge is -2.26. The van der Waals surface area contributed by atoms with Crippen LogP contribution in [0.4, 0.5) is 5.69 Å². The van der Waals surface area contributed by atoms with Gasteiger partial charge in [-0.05, 0) is 37.1 Å². The van der Waals surface area contributed by atoms with Gasteiger partial charge in [-0.15, -0.1) is 12.4 Å². The predicted molar refractivity (Wildman–Crippen MR) is 99.0 cm³/mol. The zero-order valence-electron chi connectivity index (χ0n) is 14.3. The Hall–Kier alpha value is -1.63. The summed E-state index contributed by atoms with van der Waals surface area (Å²) in [7, 11) is 0. The number of hydrogen-bond acceptors (Lipinski definition) is 4. The van der Waals surface area contributed by atoms with Crippen molar-refractivity contribution < 1.29 is 14.3 Å². The van der Waals surface area contributed by atoms with Crippen molar-refractivity contribution in [3.8, 4) is 0 Å². The van der Waals surface area contributed by atoms with Gasteiger partial charge in [0.15, 0.2) is 0 Å². The number of carbonyl (C=O) groups excluding carboxylic acids is 2. The number of nitrogens with one attached hydrogen (secondary N) is 2. The van der Waals surface area contributed by atoms with Crippen LogP contribution in [-0.4, -0.2) is 56.1 Å². The summed E-state index contributed by atoms with van der Waals surface area (Å²) in [6.45, 7) is 4.32. The maximum Gasteiger partial charge on any atom is 0.228 e. The molecular formula is C18H26ClN3O3. The Kier molecular flexibility index (Phi) is 7.68. The van der Waals surface area contributed by atoms with Crippen molar-refractivity contribution in [1.82, 2.24) is 10.2 Å². The molecule has 0 aromatic heterocycles. The third-order valence-electron chi connectivity index (χ3n) is 4.61. The van der Waals surface area contributed by atoms with E-state index < -0.39 is 0 Å². The molecule has 1 atom stereocenters. The Balaban J connectivity index is 0.00000225. The molecule has 3 rings (SSSR count). The van der Waals surface area contributed by atoms with Gasteiger partial charge in [0.1, 0.15) is 0 Å². The molecule has 1 unspecified atom stereocenters. The van der Waals surface area contributed by atoms with Crippen molar-refractivity contribution in [3.05, 3.63) is 29.8 Å². The van der Waals surface area contributed by atoms with Crippen LogP contribution in [0.25, 0.3) is 0 Å². The van der Waals surface area contributed by atoms with Gasteiger partial charge in [-0.3, -0.25) is 9.59 Å². The first-order valence-corrected chi connectivity index (χ1v) is 8.68. The van der Waals surface area contributed by atoms with Gasteiger partial charge in [0.25, 0.3) is 0 Å². The maximum absolute atomic E-state index is 12.2. The molecular weight excluding hydrogens is 342 g/mol. The van der Waals surface area contributed by atoms with Crippen LogP contribution in [-0.2, 0) is 20.7 Å². The van der Waals surface area contributed by atoms with Gasteiger partial charge in [0, 0.05) is 25.3 Å². The molecule has 0 bridgehead atoms. The molecule has 2 aliphatic rings. The summed E-state index contributed by atoms with van der Waals surface area (Å²) in [5.41, 5.74) is 1.75. The van der Waals surface area contributed by atoms with Crippen LogP contribution in [0.1, 0.15) is 18.4 Å². The number of amides is 2. The minimum atomic E-state index is 0. The molecule has 0 spiro atoms. The smallest absolute Gasteiger partial charge is 0.228 e. The van der Waals surface area contributed by atoms with Gasteiger partial charge in [-0.2, -0.15) is 0 Å². The van der Waals surface area contributed by atoms with E-state index in [0.29, 0.717) is 32.7 Å². The minimum Gasteiger partial charge on any atom is -0.378 e. The Morgan fingerprint density at radius 2 is 1.92 bits per heavy atom. The molecule has 2 aliphatic heterocycles. The number of ether oxygens (including phenoxy) is 1. The molecule has 1 aromatic carbocycles. The van der Waals surface area contributed by atoms with Crippen molar-refractivity contribution >= 4 is 29.9 Å². The summed E-state index contributed by atoms with van der Waals surface area (Å²) in [6, 6.07) is 7.56. The van der Waals surface area contributed by atoms with E-state index in [9.17, 15) is 9.59 Å². The van der Waals surface area contributed by atoms with E-state index in [0.717, 1.165) is 37.2 Å². The Morgan fingerprint density at radius 3 is 2.56 bits per heavy atom. The maximum atomic E-state index is 12.2. The topological polar surface area (TPSA) is 70.7 Å². The van der Waals surface area contributed by atoms with E-state index in [4.69, 9.17) is 4.74 Å². The Labute approximate surface area is 154 Å². The lowest BCUT2D eigenvalue weighted by atomic mass is 9.99. The fraction of sp³-hybridized carbons (Fsp3) is 0.556. The zero-order chi connectivity index (χ0) is 16.8. The standard InChI is InChI=1S/C18H25N3O3.ClH/c22-17(21-8-10-24-11-9-21)12-14-3-5-16(6-4-14)20-18(23)15-2-1-7-19-13-15;/h3-6,15,19H,1-2,7-13H2,(H,20,23);1H.